The van der Waals surface area contributed by atoms with Crippen LogP contribution in [0.2, 0.25) is 0 Å². The number of benzene rings is 1. The molecule has 2 amide bonds. The van der Waals surface area contributed by atoms with Crippen molar-refractivity contribution in [3.8, 4) is 0 Å². The molecule has 1 rings (SSSR count). The molecule has 0 bridgehead atoms. The molecule has 0 aromatic heterocycles. The van der Waals surface area contributed by atoms with Crippen molar-refractivity contribution in [2.45, 2.75) is 33.2 Å². The van der Waals surface area contributed by atoms with Gasteiger partial charge in [0.15, 0.2) is 0 Å². The quantitative estimate of drug-likeness (QED) is 0.848. The van der Waals surface area contributed by atoms with E-state index in [1.165, 1.54) is 4.90 Å². The van der Waals surface area contributed by atoms with Crippen molar-refractivity contribution in [3.63, 3.8) is 0 Å². The third-order valence-corrected chi connectivity index (χ3v) is 2.74. The Hall–Kier alpha value is -1.98. The van der Waals surface area contributed by atoms with Gasteiger partial charge in [-0.2, -0.15) is 0 Å². The molecule has 0 aliphatic carbocycles. The van der Waals surface area contributed by atoms with Crippen LogP contribution in [0.15, 0.2) is 18.2 Å². The van der Waals surface area contributed by atoms with Crippen molar-refractivity contribution in [2.75, 3.05) is 11.9 Å². The second kappa shape index (κ2) is 5.98. The highest BCUT2D eigenvalue weighted by Crippen LogP contribution is 2.17. The van der Waals surface area contributed by atoms with Gasteiger partial charge >= 0.3 is 11.8 Å². The molecule has 0 aliphatic heterocycles. The van der Waals surface area contributed by atoms with Gasteiger partial charge in [-0.3, -0.25) is 9.59 Å². The molecule has 20 heavy (non-hydrogen) atoms. The van der Waals surface area contributed by atoms with Gasteiger partial charge in [-0.1, -0.05) is 0 Å². The van der Waals surface area contributed by atoms with Crippen LogP contribution >= 0.6 is 0 Å². The number of nitrogens with one attached hydrogen (secondary N) is 1. The largest absolute Gasteiger partial charge is 0.330 e. The molecule has 110 valence electrons. The Morgan fingerprint density at radius 2 is 1.85 bits per heavy atom. The fourth-order valence-electron chi connectivity index (χ4n) is 1.81. The van der Waals surface area contributed by atoms with E-state index in [1.54, 1.807) is 27.7 Å². The van der Waals surface area contributed by atoms with Gasteiger partial charge in [-0.25, -0.2) is 8.78 Å². The first kappa shape index (κ1) is 16.1. The van der Waals surface area contributed by atoms with Crippen LogP contribution in [-0.4, -0.2) is 28.8 Å². The van der Waals surface area contributed by atoms with Gasteiger partial charge in [-0.05, 0) is 39.8 Å². The van der Waals surface area contributed by atoms with E-state index in [-0.39, 0.29) is 5.69 Å². The number of carbonyl (C=O) groups excluding carboxylic acids is 2. The van der Waals surface area contributed by atoms with E-state index >= 15 is 0 Å². The van der Waals surface area contributed by atoms with Crippen LogP contribution < -0.4 is 5.32 Å². The van der Waals surface area contributed by atoms with Gasteiger partial charge in [0.2, 0.25) is 0 Å². The van der Waals surface area contributed by atoms with Crippen molar-refractivity contribution in [1.82, 2.24) is 4.90 Å². The summed E-state index contributed by atoms with van der Waals surface area (Å²) in [6.07, 6.45) is 0. The van der Waals surface area contributed by atoms with Gasteiger partial charge < -0.3 is 10.2 Å². The van der Waals surface area contributed by atoms with Crippen molar-refractivity contribution >= 4 is 17.5 Å². The van der Waals surface area contributed by atoms with Crippen LogP contribution in [0.4, 0.5) is 14.5 Å². The predicted octanol–water partition coefficient (Wildman–Crippen LogP) is 2.55. The summed E-state index contributed by atoms with van der Waals surface area (Å²) >= 11 is 0. The van der Waals surface area contributed by atoms with E-state index in [0.29, 0.717) is 12.6 Å². The number of anilines is 1. The Morgan fingerprint density at radius 1 is 1.25 bits per heavy atom. The molecule has 0 fully saturated rings. The summed E-state index contributed by atoms with van der Waals surface area (Å²) in [6, 6.07) is 2.72. The van der Waals surface area contributed by atoms with Gasteiger partial charge in [0, 0.05) is 18.2 Å². The van der Waals surface area contributed by atoms with Crippen LogP contribution in [0.5, 0.6) is 0 Å². The lowest BCUT2D eigenvalue weighted by Crippen LogP contribution is -2.49. The fourth-order valence-corrected chi connectivity index (χ4v) is 1.81. The second-order valence-electron chi connectivity index (χ2n) is 5.30. The first-order valence-electron chi connectivity index (χ1n) is 6.24. The minimum Gasteiger partial charge on any atom is -0.330 e. The molecule has 0 saturated heterocycles. The summed E-state index contributed by atoms with van der Waals surface area (Å²) in [7, 11) is 0. The highest BCUT2D eigenvalue weighted by Gasteiger charge is 2.29. The minimum absolute atomic E-state index is 0.227. The number of hydrogen-bond acceptors (Lipinski definition) is 2. The molecule has 1 N–H and O–H groups in total. The smallest absolute Gasteiger partial charge is 0.314 e. The zero-order valence-electron chi connectivity index (χ0n) is 12.0. The molecule has 6 heteroatoms. The molecule has 0 spiro atoms. The van der Waals surface area contributed by atoms with Crippen LogP contribution in [0.3, 0.4) is 0 Å². The lowest BCUT2D eigenvalue weighted by molar-refractivity contribution is -0.146. The summed E-state index contributed by atoms with van der Waals surface area (Å²) in [5.74, 6) is -3.39. The molecule has 0 saturated carbocycles. The topological polar surface area (TPSA) is 49.4 Å². The molecule has 0 aliphatic rings. The standard InChI is InChI=1S/C14H18F2N2O2/c1-5-18(14(2,3)4)13(20)12(19)17-11-7-6-9(15)8-10(11)16/h6-8H,5H2,1-4H3,(H,17,19). The number of halogens is 2. The van der Waals surface area contributed by atoms with E-state index in [2.05, 4.69) is 5.32 Å². The number of amides is 2. The van der Waals surface area contributed by atoms with Crippen LogP contribution in [0.25, 0.3) is 0 Å². The Bertz CT molecular complexity index is 524. The van der Waals surface area contributed by atoms with Gasteiger partial charge in [0.1, 0.15) is 11.6 Å². The predicted molar refractivity (Wildman–Crippen MR) is 72.1 cm³/mol. The SMILES string of the molecule is CCN(C(=O)C(=O)Nc1ccc(F)cc1F)C(C)(C)C. The zero-order chi connectivity index (χ0) is 15.5. The van der Waals surface area contributed by atoms with Crippen LogP contribution in [-0.2, 0) is 9.59 Å². The Kier molecular flexibility index (Phi) is 4.81. The fraction of sp³-hybridized carbons (Fsp3) is 0.429. The van der Waals surface area contributed by atoms with Gasteiger partial charge in [0.25, 0.3) is 0 Å². The number of hydrogen-bond donors (Lipinski definition) is 1. The molecule has 0 unspecified atom stereocenters. The molecule has 0 heterocycles. The Morgan fingerprint density at radius 3 is 2.30 bits per heavy atom. The van der Waals surface area contributed by atoms with Gasteiger partial charge in [0.05, 0.1) is 5.69 Å². The first-order valence-corrected chi connectivity index (χ1v) is 6.24. The summed E-state index contributed by atoms with van der Waals surface area (Å²) in [5, 5.41) is 2.15. The molecule has 1 aromatic rings. The van der Waals surface area contributed by atoms with Gasteiger partial charge in [-0.15, -0.1) is 0 Å². The average molecular weight is 284 g/mol. The summed E-state index contributed by atoms with van der Waals surface area (Å²) in [4.78, 5) is 25.2. The average Bonchev–Trinajstić information content (AvgIpc) is 2.31. The zero-order valence-corrected chi connectivity index (χ0v) is 12.0. The molecular weight excluding hydrogens is 266 g/mol. The lowest BCUT2D eigenvalue weighted by Gasteiger charge is -2.34. The third kappa shape index (κ3) is 3.76. The van der Waals surface area contributed by atoms with Crippen molar-refractivity contribution in [2.24, 2.45) is 0 Å². The Labute approximate surface area is 116 Å². The number of nitrogens with zero attached hydrogens (tertiary/aromatic N) is 1. The molecule has 4 nitrogen and oxygen atoms in total. The van der Waals surface area contributed by atoms with Crippen molar-refractivity contribution < 1.29 is 18.4 Å². The summed E-state index contributed by atoms with van der Waals surface area (Å²) in [5.41, 5.74) is -0.750. The van der Waals surface area contributed by atoms with E-state index in [0.717, 1.165) is 12.1 Å². The molecule has 1 aromatic carbocycles. The lowest BCUT2D eigenvalue weighted by atomic mass is 10.1. The molecular formula is C14H18F2N2O2. The molecule has 0 radical (unpaired) electrons. The number of carbonyl (C=O) groups is 2. The minimum atomic E-state index is -0.952. The van der Waals surface area contributed by atoms with Crippen molar-refractivity contribution in [1.29, 1.82) is 0 Å². The maximum absolute atomic E-state index is 13.4. The summed E-state index contributed by atoms with van der Waals surface area (Å²) in [6.45, 7) is 7.47. The maximum Gasteiger partial charge on any atom is 0.314 e. The van der Waals surface area contributed by atoms with E-state index in [9.17, 15) is 18.4 Å². The summed E-state index contributed by atoms with van der Waals surface area (Å²) < 4.78 is 26.2. The van der Waals surface area contributed by atoms with Crippen LogP contribution in [0, 0.1) is 11.6 Å². The van der Waals surface area contributed by atoms with Crippen molar-refractivity contribution in [3.05, 3.63) is 29.8 Å². The monoisotopic (exact) mass is 284 g/mol. The third-order valence-electron chi connectivity index (χ3n) is 2.74. The first-order chi connectivity index (χ1) is 9.16. The number of likely N-dealkylation sites (N-methyl/N-ethyl adjacent to an activating group) is 1. The van der Waals surface area contributed by atoms with E-state index in [1.807, 2.05) is 0 Å². The normalized spacial score (nSPS) is 11.1. The second-order valence-corrected chi connectivity index (χ2v) is 5.30. The highest BCUT2D eigenvalue weighted by molar-refractivity contribution is 6.39. The Balaban J connectivity index is 2.88. The van der Waals surface area contributed by atoms with E-state index < -0.39 is 29.0 Å². The molecule has 0 atom stereocenters. The van der Waals surface area contributed by atoms with Crippen LogP contribution in [0.1, 0.15) is 27.7 Å². The number of rotatable bonds is 2. The maximum atomic E-state index is 13.4. The highest BCUT2D eigenvalue weighted by atomic mass is 19.1. The van der Waals surface area contributed by atoms with E-state index in [4.69, 9.17) is 0 Å².